The van der Waals surface area contributed by atoms with Gasteiger partial charge in [-0.15, -0.1) is 0 Å². The molecule has 0 N–H and O–H groups in total. The Bertz CT molecular complexity index is 637. The molecule has 1 fully saturated rings. The number of rotatable bonds is 1. The Morgan fingerprint density at radius 2 is 1.84 bits per heavy atom. The lowest BCUT2D eigenvalue weighted by molar-refractivity contribution is -0.137. The van der Waals surface area contributed by atoms with Gasteiger partial charge in [-0.1, -0.05) is 13.0 Å². The summed E-state index contributed by atoms with van der Waals surface area (Å²) in [5, 5.41) is 0. The molecule has 7 heteroatoms. The molecule has 3 nitrogen and oxygen atoms in total. The maximum Gasteiger partial charge on any atom is 0.416 e. The second-order valence-corrected chi connectivity index (χ2v) is 7.57. The van der Waals surface area contributed by atoms with Crippen molar-refractivity contribution in [1.82, 2.24) is 4.90 Å². The molecule has 1 amide bonds. The van der Waals surface area contributed by atoms with Crippen LogP contribution >= 0.6 is 0 Å². The number of carbonyl (C=O) groups is 1. The van der Waals surface area contributed by atoms with Crippen molar-refractivity contribution >= 4 is 6.09 Å². The molecule has 0 bridgehead atoms. The molecule has 140 valence electrons. The van der Waals surface area contributed by atoms with Gasteiger partial charge in [-0.3, -0.25) is 0 Å². The SMILES string of the molecule is C[C@@H]1CC[C@H](c2ccc(C(F)(F)F)cc2F)N(C(=O)OC(C)(C)C)C1. The van der Waals surface area contributed by atoms with Gasteiger partial charge in [0.25, 0.3) is 0 Å². The summed E-state index contributed by atoms with van der Waals surface area (Å²) in [5.41, 5.74) is -1.66. The van der Waals surface area contributed by atoms with Crippen LogP contribution in [0.2, 0.25) is 0 Å². The van der Waals surface area contributed by atoms with Crippen LogP contribution in [0.25, 0.3) is 0 Å². The van der Waals surface area contributed by atoms with E-state index >= 15 is 0 Å². The van der Waals surface area contributed by atoms with Gasteiger partial charge >= 0.3 is 12.3 Å². The van der Waals surface area contributed by atoms with Crippen molar-refractivity contribution in [2.45, 2.75) is 58.4 Å². The highest BCUT2D eigenvalue weighted by Crippen LogP contribution is 2.37. The highest BCUT2D eigenvalue weighted by molar-refractivity contribution is 5.69. The number of nitrogens with zero attached hydrogens (tertiary/aromatic N) is 1. The van der Waals surface area contributed by atoms with Crippen LogP contribution in [0.4, 0.5) is 22.4 Å². The van der Waals surface area contributed by atoms with Gasteiger partial charge in [0, 0.05) is 12.1 Å². The van der Waals surface area contributed by atoms with Crippen LogP contribution in [-0.4, -0.2) is 23.1 Å². The minimum absolute atomic E-state index is 0.0887. The molecule has 25 heavy (non-hydrogen) atoms. The average molecular weight is 361 g/mol. The van der Waals surface area contributed by atoms with Gasteiger partial charge in [-0.05, 0) is 51.7 Å². The maximum absolute atomic E-state index is 14.4. The maximum atomic E-state index is 14.4. The van der Waals surface area contributed by atoms with Crippen LogP contribution in [0.15, 0.2) is 18.2 Å². The highest BCUT2D eigenvalue weighted by Gasteiger charge is 2.37. The lowest BCUT2D eigenvalue weighted by Crippen LogP contribution is -2.44. The first-order valence-corrected chi connectivity index (χ1v) is 8.25. The van der Waals surface area contributed by atoms with E-state index in [1.54, 1.807) is 20.8 Å². The van der Waals surface area contributed by atoms with Crippen LogP contribution in [0.3, 0.4) is 0 Å². The second-order valence-electron chi connectivity index (χ2n) is 7.57. The van der Waals surface area contributed by atoms with Crippen molar-refractivity contribution in [2.24, 2.45) is 5.92 Å². The van der Waals surface area contributed by atoms with Crippen LogP contribution in [0, 0.1) is 11.7 Å². The summed E-state index contributed by atoms with van der Waals surface area (Å²) in [6.45, 7) is 7.53. The molecule has 1 aliphatic rings. The quantitative estimate of drug-likeness (QED) is 0.614. The number of hydrogen-bond donors (Lipinski definition) is 0. The summed E-state index contributed by atoms with van der Waals surface area (Å²) in [6, 6.07) is 1.83. The fourth-order valence-corrected chi connectivity index (χ4v) is 2.97. The number of benzene rings is 1. The zero-order valence-electron chi connectivity index (χ0n) is 14.8. The summed E-state index contributed by atoms with van der Waals surface area (Å²) in [4.78, 5) is 13.9. The minimum Gasteiger partial charge on any atom is -0.444 e. The summed E-state index contributed by atoms with van der Waals surface area (Å²) >= 11 is 0. The monoisotopic (exact) mass is 361 g/mol. The first-order chi connectivity index (χ1) is 11.4. The van der Waals surface area contributed by atoms with Crippen LogP contribution in [-0.2, 0) is 10.9 Å². The fraction of sp³-hybridized carbons (Fsp3) is 0.611. The van der Waals surface area contributed by atoms with Gasteiger partial charge in [0.05, 0.1) is 11.6 Å². The molecule has 1 aliphatic heterocycles. The molecular weight excluding hydrogens is 338 g/mol. The van der Waals surface area contributed by atoms with Gasteiger partial charge in [0.2, 0.25) is 0 Å². The Hall–Kier alpha value is -1.79. The highest BCUT2D eigenvalue weighted by atomic mass is 19.4. The molecule has 2 atom stereocenters. The smallest absolute Gasteiger partial charge is 0.416 e. The zero-order valence-corrected chi connectivity index (χ0v) is 14.8. The van der Waals surface area contributed by atoms with Crippen LogP contribution in [0.1, 0.15) is 57.7 Å². The van der Waals surface area contributed by atoms with Gasteiger partial charge in [0.1, 0.15) is 11.4 Å². The molecule has 0 aromatic heterocycles. The van der Waals surface area contributed by atoms with Gasteiger partial charge in [-0.2, -0.15) is 13.2 Å². The van der Waals surface area contributed by atoms with E-state index in [9.17, 15) is 22.4 Å². The Morgan fingerprint density at radius 1 is 1.20 bits per heavy atom. The number of alkyl halides is 3. The van der Waals surface area contributed by atoms with Crippen LogP contribution in [0.5, 0.6) is 0 Å². The zero-order chi connectivity index (χ0) is 19.0. The van der Waals surface area contributed by atoms with Crippen molar-refractivity contribution in [1.29, 1.82) is 0 Å². The topological polar surface area (TPSA) is 29.5 Å². The molecule has 1 heterocycles. The van der Waals surface area contributed by atoms with Crippen molar-refractivity contribution in [3.05, 3.63) is 35.1 Å². The molecule has 0 unspecified atom stereocenters. The number of halogens is 4. The Kier molecular flexibility index (Phi) is 5.35. The average Bonchev–Trinajstić information content (AvgIpc) is 2.44. The van der Waals surface area contributed by atoms with Crippen molar-refractivity contribution in [3.8, 4) is 0 Å². The van der Waals surface area contributed by atoms with E-state index in [2.05, 4.69) is 0 Å². The standard InChI is InChI=1S/C18H23F4NO2/c1-11-5-8-15(23(10-11)16(24)25-17(2,3)4)13-7-6-12(9-14(13)19)18(20,21)22/h6-7,9,11,15H,5,8,10H2,1-4H3/t11-,15-/m1/s1. The lowest BCUT2D eigenvalue weighted by atomic mass is 9.89. The van der Waals surface area contributed by atoms with Gasteiger partial charge in [-0.25, -0.2) is 9.18 Å². The van der Waals surface area contributed by atoms with E-state index in [0.717, 1.165) is 18.6 Å². The van der Waals surface area contributed by atoms with Gasteiger partial charge < -0.3 is 9.64 Å². The van der Waals surface area contributed by atoms with E-state index in [1.165, 1.54) is 4.90 Å². The Morgan fingerprint density at radius 3 is 2.36 bits per heavy atom. The van der Waals surface area contributed by atoms with Crippen molar-refractivity contribution in [3.63, 3.8) is 0 Å². The fourth-order valence-electron chi connectivity index (χ4n) is 2.97. The van der Waals surface area contributed by atoms with Crippen molar-refractivity contribution < 1.29 is 27.1 Å². The number of carbonyl (C=O) groups excluding carboxylic acids is 1. The Balaban J connectivity index is 2.33. The molecular formula is C18H23F4NO2. The molecule has 0 radical (unpaired) electrons. The summed E-state index contributed by atoms with van der Waals surface area (Å²) in [5.74, 6) is -0.746. The number of likely N-dealkylation sites (tertiary alicyclic amines) is 1. The second kappa shape index (κ2) is 6.84. The first-order valence-electron chi connectivity index (χ1n) is 8.25. The summed E-state index contributed by atoms with van der Waals surface area (Å²) in [6.07, 6.45) is -3.96. The van der Waals surface area contributed by atoms with Gasteiger partial charge in [0.15, 0.2) is 0 Å². The third-order valence-corrected chi connectivity index (χ3v) is 4.13. The minimum atomic E-state index is -4.61. The third-order valence-electron chi connectivity index (χ3n) is 4.13. The molecule has 1 aromatic rings. The van der Waals surface area contributed by atoms with Crippen molar-refractivity contribution in [2.75, 3.05) is 6.54 Å². The van der Waals surface area contributed by atoms with E-state index in [-0.39, 0.29) is 11.5 Å². The Labute approximate surface area is 145 Å². The number of hydrogen-bond acceptors (Lipinski definition) is 2. The molecule has 2 rings (SSSR count). The molecule has 0 saturated carbocycles. The summed E-state index contributed by atoms with van der Waals surface area (Å²) < 4.78 is 57.9. The normalized spacial score (nSPS) is 22.0. The molecule has 0 aliphatic carbocycles. The number of ether oxygens (including phenoxy) is 1. The molecule has 1 aromatic carbocycles. The van der Waals surface area contributed by atoms with Crippen LogP contribution < -0.4 is 0 Å². The van der Waals surface area contributed by atoms with E-state index in [1.807, 2.05) is 6.92 Å². The largest absolute Gasteiger partial charge is 0.444 e. The lowest BCUT2D eigenvalue weighted by Gasteiger charge is -2.39. The predicted molar refractivity (Wildman–Crippen MR) is 85.5 cm³/mol. The number of piperidine rings is 1. The first kappa shape index (κ1) is 19.5. The number of amides is 1. The molecule has 0 spiro atoms. The van der Waals surface area contributed by atoms with E-state index < -0.39 is 35.3 Å². The third kappa shape index (κ3) is 4.86. The summed E-state index contributed by atoms with van der Waals surface area (Å²) in [7, 11) is 0. The predicted octanol–water partition coefficient (Wildman–Crippen LogP) is 5.55. The van der Waals surface area contributed by atoms with E-state index in [0.29, 0.717) is 19.0 Å². The van der Waals surface area contributed by atoms with E-state index in [4.69, 9.17) is 4.74 Å². The molecule has 1 saturated heterocycles.